The molecule has 2 unspecified atom stereocenters. The van der Waals surface area contributed by atoms with Crippen LogP contribution in [0.4, 0.5) is 0 Å². The van der Waals surface area contributed by atoms with E-state index in [0.29, 0.717) is 0 Å². The van der Waals surface area contributed by atoms with Crippen LogP contribution in [0.3, 0.4) is 0 Å². The van der Waals surface area contributed by atoms with Crippen LogP contribution in [0.2, 0.25) is 0 Å². The highest BCUT2D eigenvalue weighted by Crippen LogP contribution is 2.24. The van der Waals surface area contributed by atoms with E-state index < -0.39 is 0 Å². The van der Waals surface area contributed by atoms with E-state index in [1.165, 1.54) is 6.42 Å². The lowest BCUT2D eigenvalue weighted by Gasteiger charge is -2.35. The van der Waals surface area contributed by atoms with E-state index in [4.69, 9.17) is 5.84 Å². The summed E-state index contributed by atoms with van der Waals surface area (Å²) in [6.45, 7) is 0.732. The van der Waals surface area contributed by atoms with Crippen LogP contribution in [0, 0.1) is 0 Å². The normalized spacial score (nSPS) is 22.3. The molecule has 0 heterocycles. The highest BCUT2D eigenvalue weighted by molar-refractivity contribution is 5.78. The van der Waals surface area contributed by atoms with Gasteiger partial charge in [-0.3, -0.25) is 15.1 Å². The van der Waals surface area contributed by atoms with Gasteiger partial charge in [0.15, 0.2) is 0 Å². The maximum absolute atomic E-state index is 11.5. The monoisotopic (exact) mass is 291 g/mol. The van der Waals surface area contributed by atoms with Crippen molar-refractivity contribution in [3.63, 3.8) is 0 Å². The number of nitrogens with zero attached hydrogens (tertiary/aromatic N) is 1. The third kappa shape index (κ3) is 4.27. The van der Waals surface area contributed by atoms with Crippen LogP contribution in [0.5, 0.6) is 0 Å². The zero-order valence-electron chi connectivity index (χ0n) is 12.6. The first-order valence-corrected chi connectivity index (χ1v) is 7.56. The molecule has 0 aromatic heterocycles. The first-order valence-electron chi connectivity index (χ1n) is 7.56. The summed E-state index contributed by atoms with van der Waals surface area (Å²) in [6.07, 6.45) is 4.23. The van der Waals surface area contributed by atoms with Crippen molar-refractivity contribution in [2.24, 2.45) is 5.84 Å². The van der Waals surface area contributed by atoms with E-state index in [2.05, 4.69) is 10.3 Å². The van der Waals surface area contributed by atoms with E-state index >= 15 is 0 Å². The van der Waals surface area contributed by atoms with Crippen LogP contribution in [0.15, 0.2) is 24.3 Å². The fraction of sp³-hybridized carbons (Fsp3) is 0.562. The summed E-state index contributed by atoms with van der Waals surface area (Å²) in [7, 11) is 2.04. The standard InChI is InChI=1S/C16H25N3O2/c1-19(14-8-4-5-9-15(14)20)11-13-7-3-2-6-12(13)10-16(21)18-17/h2-3,6-7,14-15,20H,4-5,8-11,17H2,1H3,(H,18,21). The number of carbonyl (C=O) groups excluding carboxylic acids is 1. The number of rotatable bonds is 5. The average molecular weight is 291 g/mol. The second-order valence-electron chi connectivity index (χ2n) is 5.85. The SMILES string of the molecule is CN(Cc1ccccc1CC(=O)NN)C1CCCCC1O. The molecule has 4 N–H and O–H groups in total. The van der Waals surface area contributed by atoms with Gasteiger partial charge in [-0.15, -0.1) is 0 Å². The second-order valence-corrected chi connectivity index (χ2v) is 5.85. The van der Waals surface area contributed by atoms with Crippen LogP contribution in [-0.4, -0.2) is 35.1 Å². The number of aliphatic hydroxyl groups is 1. The van der Waals surface area contributed by atoms with E-state index in [0.717, 1.165) is 36.9 Å². The summed E-state index contributed by atoms with van der Waals surface area (Å²) >= 11 is 0. The molecular weight excluding hydrogens is 266 g/mol. The summed E-state index contributed by atoms with van der Waals surface area (Å²) in [5.74, 6) is 4.97. The largest absolute Gasteiger partial charge is 0.391 e. The molecule has 1 amide bonds. The predicted molar refractivity (Wildman–Crippen MR) is 82.2 cm³/mol. The minimum atomic E-state index is -0.247. The number of hydrogen-bond acceptors (Lipinski definition) is 4. The number of benzene rings is 1. The lowest BCUT2D eigenvalue weighted by Crippen LogP contribution is -2.43. The van der Waals surface area contributed by atoms with Crippen molar-refractivity contribution < 1.29 is 9.90 Å². The molecule has 21 heavy (non-hydrogen) atoms. The van der Waals surface area contributed by atoms with E-state index in [9.17, 15) is 9.90 Å². The molecule has 116 valence electrons. The molecule has 0 saturated heterocycles. The number of aliphatic hydroxyl groups excluding tert-OH is 1. The first-order chi connectivity index (χ1) is 10.1. The van der Waals surface area contributed by atoms with Crippen LogP contribution < -0.4 is 11.3 Å². The molecule has 0 spiro atoms. The molecule has 1 aromatic rings. The third-order valence-electron chi connectivity index (χ3n) is 4.31. The van der Waals surface area contributed by atoms with Gasteiger partial charge in [-0.05, 0) is 31.0 Å². The van der Waals surface area contributed by atoms with Crippen LogP contribution in [0.1, 0.15) is 36.8 Å². The fourth-order valence-corrected chi connectivity index (χ4v) is 3.10. The number of nitrogens with one attached hydrogen (secondary N) is 1. The minimum Gasteiger partial charge on any atom is -0.391 e. The molecule has 0 aliphatic heterocycles. The van der Waals surface area contributed by atoms with E-state index in [1.54, 1.807) is 0 Å². The van der Waals surface area contributed by atoms with Gasteiger partial charge >= 0.3 is 0 Å². The molecule has 2 atom stereocenters. The second kappa shape index (κ2) is 7.54. The Bertz CT molecular complexity index is 478. The molecule has 1 aromatic carbocycles. The average Bonchev–Trinajstić information content (AvgIpc) is 2.49. The van der Waals surface area contributed by atoms with E-state index in [-0.39, 0.29) is 24.5 Å². The van der Waals surface area contributed by atoms with Gasteiger partial charge in [-0.2, -0.15) is 0 Å². The van der Waals surface area contributed by atoms with E-state index in [1.807, 2.05) is 31.3 Å². The maximum Gasteiger partial charge on any atom is 0.238 e. The maximum atomic E-state index is 11.5. The first kappa shape index (κ1) is 15.9. The molecule has 0 bridgehead atoms. The Labute approximate surface area is 126 Å². The topological polar surface area (TPSA) is 78.6 Å². The zero-order valence-corrected chi connectivity index (χ0v) is 12.6. The van der Waals surface area contributed by atoms with Gasteiger partial charge in [0, 0.05) is 12.6 Å². The summed E-state index contributed by atoms with van der Waals surface area (Å²) in [5, 5.41) is 10.1. The highest BCUT2D eigenvalue weighted by atomic mass is 16.3. The molecule has 1 fully saturated rings. The summed E-state index contributed by atoms with van der Waals surface area (Å²) in [6, 6.07) is 8.10. The van der Waals surface area contributed by atoms with Crippen molar-refractivity contribution in [1.82, 2.24) is 10.3 Å². The Morgan fingerprint density at radius 2 is 2.00 bits per heavy atom. The number of carbonyl (C=O) groups is 1. The molecule has 1 aliphatic carbocycles. The lowest BCUT2D eigenvalue weighted by atomic mass is 9.91. The van der Waals surface area contributed by atoms with Crippen LogP contribution >= 0.6 is 0 Å². The molecule has 5 heteroatoms. The Kier molecular flexibility index (Phi) is 5.73. The smallest absolute Gasteiger partial charge is 0.238 e. The predicted octanol–water partition coefficient (Wildman–Crippen LogP) is 0.954. The molecule has 1 aliphatic rings. The lowest BCUT2D eigenvalue weighted by molar-refractivity contribution is -0.120. The van der Waals surface area contributed by atoms with Gasteiger partial charge < -0.3 is 5.11 Å². The van der Waals surface area contributed by atoms with Gasteiger partial charge in [0.1, 0.15) is 0 Å². The summed E-state index contributed by atoms with van der Waals surface area (Å²) < 4.78 is 0. The van der Waals surface area contributed by atoms with Crippen molar-refractivity contribution >= 4 is 5.91 Å². The van der Waals surface area contributed by atoms with Crippen molar-refractivity contribution in [2.45, 2.75) is 50.8 Å². The molecule has 1 saturated carbocycles. The Balaban J connectivity index is 2.06. The van der Waals surface area contributed by atoms with Gasteiger partial charge in [0.25, 0.3) is 0 Å². The number of likely N-dealkylation sites (N-methyl/N-ethyl adjacent to an activating group) is 1. The summed E-state index contributed by atoms with van der Waals surface area (Å²) in [4.78, 5) is 13.7. The Morgan fingerprint density at radius 1 is 1.33 bits per heavy atom. The fourth-order valence-electron chi connectivity index (χ4n) is 3.10. The number of hydrazine groups is 1. The van der Waals surface area contributed by atoms with Gasteiger partial charge in [-0.25, -0.2) is 5.84 Å². The number of nitrogens with two attached hydrogens (primary N) is 1. The molecule has 2 rings (SSSR count). The molecule has 5 nitrogen and oxygen atoms in total. The van der Waals surface area contributed by atoms with Crippen molar-refractivity contribution in [3.05, 3.63) is 35.4 Å². The highest BCUT2D eigenvalue weighted by Gasteiger charge is 2.26. The quantitative estimate of drug-likeness (QED) is 0.429. The Morgan fingerprint density at radius 3 is 2.67 bits per heavy atom. The van der Waals surface area contributed by atoms with Crippen LogP contribution in [0.25, 0.3) is 0 Å². The third-order valence-corrected chi connectivity index (χ3v) is 4.31. The van der Waals surface area contributed by atoms with Crippen LogP contribution in [-0.2, 0) is 17.8 Å². The Hall–Kier alpha value is -1.43. The summed E-state index contributed by atoms with van der Waals surface area (Å²) in [5.41, 5.74) is 4.27. The van der Waals surface area contributed by atoms with Gasteiger partial charge in [0.2, 0.25) is 5.91 Å². The zero-order chi connectivity index (χ0) is 15.2. The molecule has 0 radical (unpaired) electrons. The van der Waals surface area contributed by atoms with Gasteiger partial charge in [0.05, 0.1) is 12.5 Å². The number of hydrogen-bond donors (Lipinski definition) is 3. The molecular formula is C16H25N3O2. The van der Waals surface area contributed by atoms with Crippen molar-refractivity contribution in [1.29, 1.82) is 0 Å². The number of amides is 1. The van der Waals surface area contributed by atoms with Gasteiger partial charge in [-0.1, -0.05) is 37.1 Å². The minimum absolute atomic E-state index is 0.192. The van der Waals surface area contributed by atoms with Crippen molar-refractivity contribution in [2.75, 3.05) is 7.05 Å². The van der Waals surface area contributed by atoms with Crippen molar-refractivity contribution in [3.8, 4) is 0 Å².